The molecular weight excluding hydrogens is 222 g/mol. The maximum atomic E-state index is 12.3. The summed E-state index contributed by atoms with van der Waals surface area (Å²) in [5, 5.41) is 3.33. The number of aryl methyl sites for hydroxylation is 2. The van der Waals surface area contributed by atoms with Gasteiger partial charge in [-0.05, 0) is 68.3 Å². The molecule has 1 unspecified atom stereocenters. The van der Waals surface area contributed by atoms with Crippen LogP contribution < -0.4 is 5.32 Å². The molecule has 1 heterocycles. The number of Topliss-reactive ketones (excluding diaryl/α,β-unsaturated/α-hetero) is 1. The van der Waals surface area contributed by atoms with Crippen LogP contribution in [0.4, 0.5) is 0 Å². The van der Waals surface area contributed by atoms with Crippen molar-refractivity contribution in [2.45, 2.75) is 38.5 Å². The number of ketones is 1. The zero-order valence-corrected chi connectivity index (χ0v) is 10.9. The lowest BCUT2D eigenvalue weighted by atomic mass is 9.88. The quantitative estimate of drug-likeness (QED) is 0.827. The summed E-state index contributed by atoms with van der Waals surface area (Å²) in [4.78, 5) is 12.3. The molecule has 2 aliphatic rings. The number of hydrogen-bond acceptors (Lipinski definition) is 2. The van der Waals surface area contributed by atoms with E-state index >= 15 is 0 Å². The number of rotatable bonds is 3. The van der Waals surface area contributed by atoms with Crippen molar-refractivity contribution in [1.29, 1.82) is 0 Å². The van der Waals surface area contributed by atoms with Gasteiger partial charge in [0.2, 0.25) is 0 Å². The van der Waals surface area contributed by atoms with Gasteiger partial charge in [-0.1, -0.05) is 12.1 Å². The number of fused-ring (bicyclic) bond motifs is 1. The lowest BCUT2D eigenvalue weighted by Gasteiger charge is -2.16. The fourth-order valence-corrected chi connectivity index (χ4v) is 3.18. The molecule has 0 saturated carbocycles. The molecule has 1 aromatic carbocycles. The summed E-state index contributed by atoms with van der Waals surface area (Å²) in [6.45, 7) is 2.08. The normalized spacial score (nSPS) is 22.8. The zero-order chi connectivity index (χ0) is 12.4. The molecule has 2 heteroatoms. The Hall–Kier alpha value is -1.15. The topological polar surface area (TPSA) is 29.1 Å². The van der Waals surface area contributed by atoms with Gasteiger partial charge in [-0.3, -0.25) is 4.79 Å². The van der Waals surface area contributed by atoms with E-state index in [1.165, 1.54) is 30.4 Å². The monoisotopic (exact) mass is 243 g/mol. The fourth-order valence-electron chi connectivity index (χ4n) is 3.18. The Kier molecular flexibility index (Phi) is 3.46. The molecule has 0 bridgehead atoms. The van der Waals surface area contributed by atoms with Gasteiger partial charge in [0.1, 0.15) is 0 Å². The second kappa shape index (κ2) is 5.23. The average molecular weight is 243 g/mol. The van der Waals surface area contributed by atoms with Crippen molar-refractivity contribution in [1.82, 2.24) is 5.32 Å². The minimum absolute atomic E-state index is 0.331. The van der Waals surface area contributed by atoms with Crippen LogP contribution in [0.2, 0.25) is 0 Å². The smallest absolute Gasteiger partial charge is 0.163 e. The van der Waals surface area contributed by atoms with Crippen molar-refractivity contribution >= 4 is 5.78 Å². The van der Waals surface area contributed by atoms with Crippen LogP contribution in [-0.4, -0.2) is 18.9 Å². The van der Waals surface area contributed by atoms with Crippen LogP contribution in [0, 0.1) is 5.92 Å². The van der Waals surface area contributed by atoms with Crippen molar-refractivity contribution in [3.63, 3.8) is 0 Å². The Balaban J connectivity index is 1.73. The van der Waals surface area contributed by atoms with E-state index in [-0.39, 0.29) is 0 Å². The van der Waals surface area contributed by atoms with Crippen molar-refractivity contribution in [2.24, 2.45) is 5.92 Å². The molecule has 0 aromatic heterocycles. The van der Waals surface area contributed by atoms with E-state index in [1.54, 1.807) is 0 Å². The molecule has 18 heavy (non-hydrogen) atoms. The lowest BCUT2D eigenvalue weighted by molar-refractivity contribution is 0.0964. The Morgan fingerprint density at radius 1 is 1.22 bits per heavy atom. The summed E-state index contributed by atoms with van der Waals surface area (Å²) in [5.74, 6) is 0.880. The first-order valence-corrected chi connectivity index (χ1v) is 7.18. The Labute approximate surface area is 109 Å². The van der Waals surface area contributed by atoms with Gasteiger partial charge in [-0.25, -0.2) is 0 Å². The predicted octanol–water partition coefficient (Wildman–Crippen LogP) is 2.75. The summed E-state index contributed by atoms with van der Waals surface area (Å²) in [5.41, 5.74) is 3.81. The molecule has 3 rings (SSSR count). The summed E-state index contributed by atoms with van der Waals surface area (Å²) < 4.78 is 0. The van der Waals surface area contributed by atoms with E-state index in [9.17, 15) is 4.79 Å². The molecule has 2 nitrogen and oxygen atoms in total. The van der Waals surface area contributed by atoms with Crippen LogP contribution in [0.1, 0.15) is 47.2 Å². The third kappa shape index (κ3) is 2.49. The first kappa shape index (κ1) is 11.9. The molecule has 1 atom stereocenters. The molecule has 1 aliphatic carbocycles. The summed E-state index contributed by atoms with van der Waals surface area (Å²) in [7, 11) is 0. The number of nitrogens with one attached hydrogen (secondary N) is 1. The first-order valence-electron chi connectivity index (χ1n) is 7.18. The van der Waals surface area contributed by atoms with E-state index in [0.717, 1.165) is 31.5 Å². The number of carbonyl (C=O) groups is 1. The molecule has 1 fully saturated rings. The largest absolute Gasteiger partial charge is 0.316 e. The van der Waals surface area contributed by atoms with Crippen LogP contribution in [0.15, 0.2) is 18.2 Å². The third-order valence-electron chi connectivity index (χ3n) is 4.31. The van der Waals surface area contributed by atoms with Gasteiger partial charge in [0.25, 0.3) is 0 Å². The summed E-state index contributed by atoms with van der Waals surface area (Å²) in [6.07, 6.45) is 6.78. The van der Waals surface area contributed by atoms with Crippen LogP contribution >= 0.6 is 0 Å². The van der Waals surface area contributed by atoms with Crippen molar-refractivity contribution in [3.05, 3.63) is 34.9 Å². The summed E-state index contributed by atoms with van der Waals surface area (Å²) in [6, 6.07) is 6.36. The predicted molar refractivity (Wildman–Crippen MR) is 73.0 cm³/mol. The standard InChI is InChI=1S/C16H21NO/c18-16(9-12-7-8-17-11-12)15-6-5-13-3-1-2-4-14(13)10-15/h5-6,10,12,17H,1-4,7-9,11H2. The number of hydrogen-bond donors (Lipinski definition) is 1. The minimum atomic E-state index is 0.331. The Morgan fingerprint density at radius 2 is 2.06 bits per heavy atom. The van der Waals surface area contributed by atoms with E-state index in [4.69, 9.17) is 0 Å². The van der Waals surface area contributed by atoms with Crippen LogP contribution in [0.5, 0.6) is 0 Å². The fraction of sp³-hybridized carbons (Fsp3) is 0.562. The van der Waals surface area contributed by atoms with E-state index in [1.807, 2.05) is 6.07 Å². The van der Waals surface area contributed by atoms with E-state index < -0.39 is 0 Å². The SMILES string of the molecule is O=C(CC1CCNC1)c1ccc2c(c1)CCCC2. The molecule has 1 aliphatic heterocycles. The Morgan fingerprint density at radius 3 is 2.83 bits per heavy atom. The molecule has 96 valence electrons. The van der Waals surface area contributed by atoms with Crippen LogP contribution in [-0.2, 0) is 12.8 Å². The van der Waals surface area contributed by atoms with Crippen molar-refractivity contribution in [3.8, 4) is 0 Å². The molecular formula is C16H21NO. The average Bonchev–Trinajstić information content (AvgIpc) is 2.91. The number of carbonyl (C=O) groups excluding carboxylic acids is 1. The highest BCUT2D eigenvalue weighted by Crippen LogP contribution is 2.24. The Bertz CT molecular complexity index is 446. The maximum absolute atomic E-state index is 12.3. The summed E-state index contributed by atoms with van der Waals surface area (Å²) >= 11 is 0. The maximum Gasteiger partial charge on any atom is 0.163 e. The van der Waals surface area contributed by atoms with Gasteiger partial charge < -0.3 is 5.32 Å². The minimum Gasteiger partial charge on any atom is -0.316 e. The van der Waals surface area contributed by atoms with Gasteiger partial charge in [0, 0.05) is 12.0 Å². The van der Waals surface area contributed by atoms with Gasteiger partial charge in [-0.15, -0.1) is 0 Å². The van der Waals surface area contributed by atoms with Gasteiger partial charge in [-0.2, -0.15) is 0 Å². The number of benzene rings is 1. The van der Waals surface area contributed by atoms with Gasteiger partial charge in [0.15, 0.2) is 5.78 Å². The molecule has 0 spiro atoms. The third-order valence-corrected chi connectivity index (χ3v) is 4.31. The lowest BCUT2D eigenvalue weighted by Crippen LogP contribution is -2.13. The highest BCUT2D eigenvalue weighted by atomic mass is 16.1. The van der Waals surface area contributed by atoms with Gasteiger partial charge >= 0.3 is 0 Å². The molecule has 1 aromatic rings. The highest BCUT2D eigenvalue weighted by Gasteiger charge is 2.20. The molecule has 1 saturated heterocycles. The zero-order valence-electron chi connectivity index (χ0n) is 10.9. The van der Waals surface area contributed by atoms with E-state index in [2.05, 4.69) is 17.4 Å². The van der Waals surface area contributed by atoms with E-state index in [0.29, 0.717) is 18.1 Å². The van der Waals surface area contributed by atoms with Crippen LogP contribution in [0.3, 0.4) is 0 Å². The molecule has 0 amide bonds. The van der Waals surface area contributed by atoms with Crippen LogP contribution in [0.25, 0.3) is 0 Å². The van der Waals surface area contributed by atoms with Gasteiger partial charge in [0.05, 0.1) is 0 Å². The highest BCUT2D eigenvalue weighted by molar-refractivity contribution is 5.96. The molecule has 0 radical (unpaired) electrons. The van der Waals surface area contributed by atoms with Crippen molar-refractivity contribution < 1.29 is 4.79 Å². The first-order chi connectivity index (χ1) is 8.83. The van der Waals surface area contributed by atoms with Crippen molar-refractivity contribution in [2.75, 3.05) is 13.1 Å². The second-order valence-corrected chi connectivity index (χ2v) is 5.68. The second-order valence-electron chi connectivity index (χ2n) is 5.68. The molecule has 1 N–H and O–H groups in total.